The molecule has 0 N–H and O–H groups in total. The molecule has 1 aliphatic heterocycles. The molecular formula is C19H18ClNO9. The van der Waals surface area contributed by atoms with Gasteiger partial charge < -0.3 is 33.0 Å². The average molecular weight is 440 g/mol. The molecule has 0 fully saturated rings. The minimum absolute atomic E-state index is 0.0384. The second-order valence-electron chi connectivity index (χ2n) is 5.97. The first-order chi connectivity index (χ1) is 14.4. The molecule has 11 heteroatoms. The second-order valence-corrected chi connectivity index (χ2v) is 6.35. The van der Waals surface area contributed by atoms with E-state index < -0.39 is 17.9 Å². The Morgan fingerprint density at radius 2 is 1.67 bits per heavy atom. The molecule has 0 atom stereocenters. The molecule has 0 saturated heterocycles. The van der Waals surface area contributed by atoms with Gasteiger partial charge in [0.15, 0.2) is 5.75 Å². The van der Waals surface area contributed by atoms with Crippen molar-refractivity contribution in [3.05, 3.63) is 34.2 Å². The maximum absolute atomic E-state index is 12.5. The number of fused-ring (bicyclic) bond motifs is 1. The lowest BCUT2D eigenvalue weighted by Crippen LogP contribution is -2.39. The lowest BCUT2D eigenvalue weighted by atomic mass is 10.1. The summed E-state index contributed by atoms with van der Waals surface area (Å²) >= 11 is 6.49. The number of anilines is 1. The van der Waals surface area contributed by atoms with Crippen LogP contribution in [0.3, 0.4) is 0 Å². The molecule has 0 bridgehead atoms. The normalized spacial score (nSPS) is 14.0. The fraction of sp³-hybridized carbons (Fsp3) is 0.316. The van der Waals surface area contributed by atoms with Crippen LogP contribution in [-0.4, -0.2) is 59.7 Å². The fourth-order valence-electron chi connectivity index (χ4n) is 3.04. The third-order valence-electron chi connectivity index (χ3n) is 4.41. The van der Waals surface area contributed by atoms with Crippen molar-refractivity contribution in [3.8, 4) is 5.75 Å². The molecule has 1 aliphatic rings. The van der Waals surface area contributed by atoms with Crippen LogP contribution in [0.5, 0.6) is 5.75 Å². The first-order valence-corrected chi connectivity index (χ1v) is 8.89. The number of hydrogen-bond donors (Lipinski definition) is 0. The number of furan rings is 1. The Morgan fingerprint density at radius 3 is 2.27 bits per heavy atom. The van der Waals surface area contributed by atoms with E-state index in [1.807, 2.05) is 0 Å². The van der Waals surface area contributed by atoms with Crippen LogP contribution >= 0.6 is 11.6 Å². The zero-order valence-corrected chi connectivity index (χ0v) is 17.3. The maximum Gasteiger partial charge on any atom is 0.373 e. The van der Waals surface area contributed by atoms with Crippen molar-refractivity contribution in [2.24, 2.45) is 0 Å². The van der Waals surface area contributed by atoms with E-state index in [-0.39, 0.29) is 52.4 Å². The SMILES string of the molecule is COC(=O)C1=C(C(=O)OC)N(c2cc3oc(C(=O)OC)cc3c(Cl)c2OC)COC1. The fourth-order valence-corrected chi connectivity index (χ4v) is 3.36. The highest BCUT2D eigenvalue weighted by Gasteiger charge is 2.35. The van der Waals surface area contributed by atoms with E-state index >= 15 is 0 Å². The molecular weight excluding hydrogens is 422 g/mol. The molecule has 30 heavy (non-hydrogen) atoms. The van der Waals surface area contributed by atoms with E-state index in [1.165, 1.54) is 45.5 Å². The van der Waals surface area contributed by atoms with E-state index in [2.05, 4.69) is 4.74 Å². The Kier molecular flexibility index (Phi) is 6.18. The average Bonchev–Trinajstić information content (AvgIpc) is 3.21. The predicted octanol–water partition coefficient (Wildman–Crippen LogP) is 2.28. The molecule has 3 rings (SSSR count). The largest absolute Gasteiger partial charge is 0.493 e. The Labute approximate surface area is 175 Å². The van der Waals surface area contributed by atoms with Crippen molar-refractivity contribution in [3.63, 3.8) is 0 Å². The summed E-state index contributed by atoms with van der Waals surface area (Å²) in [6.45, 7) is -0.271. The lowest BCUT2D eigenvalue weighted by molar-refractivity contribution is -0.140. The Bertz CT molecular complexity index is 1060. The van der Waals surface area contributed by atoms with Crippen LogP contribution in [0, 0.1) is 0 Å². The summed E-state index contributed by atoms with van der Waals surface area (Å²) in [5, 5.41) is 0.519. The Hall–Kier alpha value is -3.24. The Morgan fingerprint density at radius 1 is 1.00 bits per heavy atom. The summed E-state index contributed by atoms with van der Waals surface area (Å²) in [5.74, 6) is -2.13. The smallest absolute Gasteiger partial charge is 0.373 e. The van der Waals surface area contributed by atoms with E-state index in [0.717, 1.165) is 0 Å². The Balaban J connectivity index is 2.26. The number of esters is 3. The molecule has 0 spiro atoms. The highest BCUT2D eigenvalue weighted by atomic mass is 35.5. The van der Waals surface area contributed by atoms with Gasteiger partial charge in [0.05, 0.1) is 51.3 Å². The van der Waals surface area contributed by atoms with E-state index in [4.69, 9.17) is 35.0 Å². The molecule has 2 aromatic rings. The number of carbonyl (C=O) groups excluding carboxylic acids is 3. The molecule has 0 aliphatic carbocycles. The van der Waals surface area contributed by atoms with Crippen LogP contribution in [0.25, 0.3) is 11.0 Å². The molecule has 0 radical (unpaired) electrons. The monoisotopic (exact) mass is 439 g/mol. The number of halogens is 1. The number of benzene rings is 1. The van der Waals surface area contributed by atoms with Crippen molar-refractivity contribution in [2.45, 2.75) is 0 Å². The molecule has 0 unspecified atom stereocenters. The minimum atomic E-state index is -0.785. The van der Waals surface area contributed by atoms with Gasteiger partial charge in [0, 0.05) is 17.5 Å². The quantitative estimate of drug-likeness (QED) is 0.507. The molecule has 1 aromatic heterocycles. The van der Waals surface area contributed by atoms with E-state index in [9.17, 15) is 14.4 Å². The van der Waals surface area contributed by atoms with Crippen molar-refractivity contribution in [1.82, 2.24) is 0 Å². The standard InChI is InChI=1S/C19H18ClNO9/c1-25-16-11(6-12-9(14(16)20)5-13(30-12)18(23)27-3)21-8-29-7-10(17(22)26-2)15(21)19(24)28-4/h5-6H,7-8H2,1-4H3. The predicted molar refractivity (Wildman–Crippen MR) is 103 cm³/mol. The zero-order chi connectivity index (χ0) is 22.0. The van der Waals surface area contributed by atoms with Gasteiger partial charge in [0.1, 0.15) is 18.0 Å². The van der Waals surface area contributed by atoms with Gasteiger partial charge in [-0.15, -0.1) is 0 Å². The van der Waals surface area contributed by atoms with Crippen molar-refractivity contribution in [1.29, 1.82) is 0 Å². The number of rotatable bonds is 5. The van der Waals surface area contributed by atoms with Crippen molar-refractivity contribution >= 4 is 46.2 Å². The van der Waals surface area contributed by atoms with Crippen LogP contribution in [0.15, 0.2) is 27.8 Å². The molecule has 160 valence electrons. The van der Waals surface area contributed by atoms with Gasteiger partial charge >= 0.3 is 17.9 Å². The van der Waals surface area contributed by atoms with Gasteiger partial charge in [-0.05, 0) is 0 Å². The highest BCUT2D eigenvalue weighted by Crippen LogP contribution is 2.44. The van der Waals surface area contributed by atoms with Gasteiger partial charge in [-0.3, -0.25) is 0 Å². The van der Waals surface area contributed by atoms with Crippen LogP contribution in [-0.2, 0) is 28.5 Å². The summed E-state index contributed by atoms with van der Waals surface area (Å²) in [5.41, 5.74) is 0.348. The highest BCUT2D eigenvalue weighted by molar-refractivity contribution is 6.37. The summed E-state index contributed by atoms with van der Waals surface area (Å²) in [7, 11) is 4.96. The minimum Gasteiger partial charge on any atom is -0.493 e. The molecule has 0 amide bonds. The first kappa shape index (κ1) is 21.5. The van der Waals surface area contributed by atoms with Crippen LogP contribution in [0.4, 0.5) is 5.69 Å². The summed E-state index contributed by atoms with van der Waals surface area (Å²) in [6.07, 6.45) is 0. The number of hydrogen-bond acceptors (Lipinski definition) is 10. The number of nitrogens with zero attached hydrogens (tertiary/aromatic N) is 1. The number of carbonyl (C=O) groups is 3. The van der Waals surface area contributed by atoms with Crippen LogP contribution < -0.4 is 9.64 Å². The van der Waals surface area contributed by atoms with Crippen molar-refractivity contribution < 1.29 is 42.5 Å². The van der Waals surface area contributed by atoms with E-state index in [1.54, 1.807) is 0 Å². The lowest BCUT2D eigenvalue weighted by Gasteiger charge is -2.32. The maximum atomic E-state index is 12.5. The van der Waals surface area contributed by atoms with Crippen LogP contribution in [0.2, 0.25) is 5.02 Å². The van der Waals surface area contributed by atoms with E-state index in [0.29, 0.717) is 5.39 Å². The summed E-state index contributed by atoms with van der Waals surface area (Å²) < 4.78 is 30.7. The summed E-state index contributed by atoms with van der Waals surface area (Å²) in [4.78, 5) is 37.9. The van der Waals surface area contributed by atoms with Crippen LogP contribution in [0.1, 0.15) is 10.6 Å². The second kappa shape index (κ2) is 8.64. The van der Waals surface area contributed by atoms with Gasteiger partial charge in [-0.1, -0.05) is 11.6 Å². The molecule has 2 heterocycles. The third-order valence-corrected chi connectivity index (χ3v) is 4.79. The topological polar surface area (TPSA) is 114 Å². The molecule has 10 nitrogen and oxygen atoms in total. The van der Waals surface area contributed by atoms with Gasteiger partial charge in [-0.2, -0.15) is 0 Å². The van der Waals surface area contributed by atoms with Gasteiger partial charge in [-0.25, -0.2) is 14.4 Å². The van der Waals surface area contributed by atoms with Crippen molar-refractivity contribution in [2.75, 3.05) is 46.7 Å². The zero-order valence-electron chi connectivity index (χ0n) is 16.6. The molecule has 0 saturated carbocycles. The molecule has 1 aromatic carbocycles. The third kappa shape index (κ3) is 3.55. The summed E-state index contributed by atoms with van der Waals surface area (Å²) in [6, 6.07) is 2.92. The number of methoxy groups -OCH3 is 4. The number of ether oxygens (including phenoxy) is 5. The van der Waals surface area contributed by atoms with Gasteiger partial charge in [0.25, 0.3) is 0 Å². The van der Waals surface area contributed by atoms with Gasteiger partial charge in [0.2, 0.25) is 5.76 Å². The first-order valence-electron chi connectivity index (χ1n) is 8.51.